The topological polar surface area (TPSA) is 70.4 Å². The number of hydrogen-bond donors (Lipinski definition) is 0. The van der Waals surface area contributed by atoms with E-state index >= 15 is 0 Å². The van der Waals surface area contributed by atoms with E-state index in [1.54, 1.807) is 21.6 Å². The SMILES string of the molecule is CCOCCCN1C(=O)/C(=C/c2c(N3CCN(C)CC3)nc3c(C)cccn3c2=O)SC1=S. The molecule has 0 saturated carbocycles. The van der Waals surface area contributed by atoms with Crippen molar-refractivity contribution in [2.75, 3.05) is 57.9 Å². The number of aromatic nitrogens is 2. The summed E-state index contributed by atoms with van der Waals surface area (Å²) in [5.41, 5.74) is 1.81. The fraction of sp³-hybridized carbons (Fsp3) is 0.478. The van der Waals surface area contributed by atoms with Gasteiger partial charge in [-0.15, -0.1) is 0 Å². The number of carbonyl (C=O) groups excluding carboxylic acids is 1. The van der Waals surface area contributed by atoms with Crippen molar-refractivity contribution in [1.82, 2.24) is 19.2 Å². The Morgan fingerprint density at radius 2 is 2.00 bits per heavy atom. The maximum Gasteiger partial charge on any atom is 0.267 e. The lowest BCUT2D eigenvalue weighted by Gasteiger charge is -2.34. The molecule has 176 valence electrons. The van der Waals surface area contributed by atoms with Gasteiger partial charge in [0, 0.05) is 52.1 Å². The minimum atomic E-state index is -0.181. The van der Waals surface area contributed by atoms with Crippen LogP contribution in [0.5, 0.6) is 0 Å². The third kappa shape index (κ3) is 4.98. The van der Waals surface area contributed by atoms with E-state index in [0.29, 0.717) is 52.4 Å². The van der Waals surface area contributed by atoms with Crippen LogP contribution in [0.4, 0.5) is 5.82 Å². The molecular formula is C23H29N5O3S2. The average molecular weight is 488 g/mol. The second kappa shape index (κ2) is 10.3. The zero-order valence-corrected chi connectivity index (χ0v) is 20.9. The van der Waals surface area contributed by atoms with Gasteiger partial charge in [-0.05, 0) is 45.0 Å². The Balaban J connectivity index is 1.73. The lowest BCUT2D eigenvalue weighted by molar-refractivity contribution is -0.122. The molecule has 2 saturated heterocycles. The highest BCUT2D eigenvalue weighted by molar-refractivity contribution is 8.26. The van der Waals surface area contributed by atoms with Crippen molar-refractivity contribution in [3.8, 4) is 0 Å². The van der Waals surface area contributed by atoms with Crippen LogP contribution >= 0.6 is 24.0 Å². The first-order chi connectivity index (χ1) is 15.9. The van der Waals surface area contributed by atoms with E-state index in [1.165, 1.54) is 11.8 Å². The van der Waals surface area contributed by atoms with Crippen molar-refractivity contribution in [1.29, 1.82) is 0 Å². The number of thioether (sulfide) groups is 1. The fourth-order valence-electron chi connectivity index (χ4n) is 3.98. The Kier molecular flexibility index (Phi) is 7.48. The number of hydrogen-bond acceptors (Lipinski definition) is 8. The number of anilines is 1. The highest BCUT2D eigenvalue weighted by atomic mass is 32.2. The number of thiocarbonyl (C=S) groups is 1. The van der Waals surface area contributed by atoms with Crippen LogP contribution in [0.15, 0.2) is 28.0 Å². The average Bonchev–Trinajstić information content (AvgIpc) is 3.06. The molecule has 8 nitrogen and oxygen atoms in total. The lowest BCUT2D eigenvalue weighted by Crippen LogP contribution is -2.45. The van der Waals surface area contributed by atoms with Gasteiger partial charge < -0.3 is 14.5 Å². The zero-order chi connectivity index (χ0) is 23.5. The minimum absolute atomic E-state index is 0.167. The van der Waals surface area contributed by atoms with Gasteiger partial charge in [0.15, 0.2) is 0 Å². The molecule has 0 atom stereocenters. The zero-order valence-electron chi connectivity index (χ0n) is 19.2. The summed E-state index contributed by atoms with van der Waals surface area (Å²) in [5, 5.41) is 0. The normalized spacial score (nSPS) is 18.8. The molecule has 4 rings (SSSR count). The molecule has 0 unspecified atom stereocenters. The van der Waals surface area contributed by atoms with Crippen LogP contribution in [0.1, 0.15) is 24.5 Å². The number of pyridine rings is 1. The monoisotopic (exact) mass is 487 g/mol. The van der Waals surface area contributed by atoms with Gasteiger partial charge in [-0.3, -0.25) is 18.9 Å². The molecule has 0 aliphatic carbocycles. The number of ether oxygens (including phenoxy) is 1. The molecule has 2 aliphatic heterocycles. The number of carbonyl (C=O) groups is 1. The number of fused-ring (bicyclic) bond motifs is 1. The lowest BCUT2D eigenvalue weighted by atomic mass is 10.2. The van der Waals surface area contributed by atoms with Gasteiger partial charge in [0.2, 0.25) is 0 Å². The Bertz CT molecular complexity index is 1150. The quantitative estimate of drug-likeness (QED) is 0.335. The van der Waals surface area contributed by atoms with Gasteiger partial charge >= 0.3 is 0 Å². The van der Waals surface area contributed by atoms with Crippen molar-refractivity contribution >= 4 is 51.7 Å². The molecule has 1 amide bonds. The maximum atomic E-state index is 13.6. The van der Waals surface area contributed by atoms with Crippen LogP contribution in [-0.2, 0) is 9.53 Å². The predicted molar refractivity (Wildman–Crippen MR) is 137 cm³/mol. The summed E-state index contributed by atoms with van der Waals surface area (Å²) in [5.74, 6) is 0.462. The van der Waals surface area contributed by atoms with E-state index in [-0.39, 0.29) is 11.5 Å². The van der Waals surface area contributed by atoms with Crippen LogP contribution in [0.3, 0.4) is 0 Å². The molecule has 2 aromatic rings. The summed E-state index contributed by atoms with van der Waals surface area (Å²) in [6, 6.07) is 3.78. The first-order valence-electron chi connectivity index (χ1n) is 11.2. The predicted octanol–water partition coefficient (Wildman–Crippen LogP) is 2.38. The van der Waals surface area contributed by atoms with Gasteiger partial charge in [0.25, 0.3) is 11.5 Å². The number of likely N-dealkylation sites (N-methyl/N-ethyl adjacent to an activating group) is 1. The molecule has 0 bridgehead atoms. The minimum Gasteiger partial charge on any atom is -0.382 e. The molecule has 2 fully saturated rings. The van der Waals surface area contributed by atoms with E-state index in [0.717, 1.165) is 31.7 Å². The van der Waals surface area contributed by atoms with Crippen molar-refractivity contribution in [2.45, 2.75) is 20.3 Å². The van der Waals surface area contributed by atoms with Crippen LogP contribution in [0, 0.1) is 6.92 Å². The molecule has 0 radical (unpaired) electrons. The number of aryl methyl sites for hydroxylation is 1. The Hall–Kier alpha value is -2.27. The fourth-order valence-corrected chi connectivity index (χ4v) is 5.27. The van der Waals surface area contributed by atoms with E-state index in [1.807, 2.05) is 26.0 Å². The first-order valence-corrected chi connectivity index (χ1v) is 12.4. The second-order valence-corrected chi connectivity index (χ2v) is 9.89. The smallest absolute Gasteiger partial charge is 0.267 e. The molecular weight excluding hydrogens is 458 g/mol. The number of piperazine rings is 1. The Labute approximate surface area is 203 Å². The molecule has 33 heavy (non-hydrogen) atoms. The van der Waals surface area contributed by atoms with Gasteiger partial charge in [-0.2, -0.15) is 0 Å². The summed E-state index contributed by atoms with van der Waals surface area (Å²) < 4.78 is 7.45. The van der Waals surface area contributed by atoms with Crippen LogP contribution < -0.4 is 10.5 Å². The van der Waals surface area contributed by atoms with Crippen molar-refractivity contribution in [3.63, 3.8) is 0 Å². The van der Waals surface area contributed by atoms with Crippen LogP contribution in [0.2, 0.25) is 0 Å². The Morgan fingerprint density at radius 3 is 2.73 bits per heavy atom. The van der Waals surface area contributed by atoms with E-state index in [9.17, 15) is 9.59 Å². The van der Waals surface area contributed by atoms with Crippen molar-refractivity contribution in [2.24, 2.45) is 0 Å². The highest BCUT2D eigenvalue weighted by Gasteiger charge is 2.32. The maximum absolute atomic E-state index is 13.6. The summed E-state index contributed by atoms with van der Waals surface area (Å²) in [4.78, 5) is 38.0. The Morgan fingerprint density at radius 1 is 1.24 bits per heavy atom. The van der Waals surface area contributed by atoms with Crippen molar-refractivity contribution in [3.05, 3.63) is 44.7 Å². The van der Waals surface area contributed by atoms with Gasteiger partial charge in [-0.1, -0.05) is 30.0 Å². The summed E-state index contributed by atoms with van der Waals surface area (Å²) in [6.07, 6.45) is 4.11. The first kappa shape index (κ1) is 23.9. The molecule has 2 aliphatic rings. The van der Waals surface area contributed by atoms with Gasteiger partial charge in [0.05, 0.1) is 10.5 Å². The van der Waals surface area contributed by atoms with E-state index in [4.69, 9.17) is 21.9 Å². The van der Waals surface area contributed by atoms with E-state index < -0.39 is 0 Å². The third-order valence-electron chi connectivity index (χ3n) is 5.89. The van der Waals surface area contributed by atoms with Crippen LogP contribution in [-0.4, -0.2) is 82.4 Å². The molecule has 2 aromatic heterocycles. The summed E-state index contributed by atoms with van der Waals surface area (Å²) in [7, 11) is 2.09. The summed E-state index contributed by atoms with van der Waals surface area (Å²) in [6.45, 7) is 8.92. The number of amides is 1. The second-order valence-electron chi connectivity index (χ2n) is 8.21. The largest absolute Gasteiger partial charge is 0.382 e. The van der Waals surface area contributed by atoms with Crippen LogP contribution in [0.25, 0.3) is 11.7 Å². The molecule has 0 aromatic carbocycles. The molecule has 0 spiro atoms. The number of nitrogens with zero attached hydrogens (tertiary/aromatic N) is 5. The van der Waals surface area contributed by atoms with Crippen molar-refractivity contribution < 1.29 is 9.53 Å². The summed E-state index contributed by atoms with van der Waals surface area (Å²) >= 11 is 6.70. The van der Waals surface area contributed by atoms with E-state index in [2.05, 4.69) is 16.8 Å². The third-order valence-corrected chi connectivity index (χ3v) is 7.27. The molecule has 10 heteroatoms. The van der Waals surface area contributed by atoms with Gasteiger partial charge in [0.1, 0.15) is 15.8 Å². The highest BCUT2D eigenvalue weighted by Crippen LogP contribution is 2.33. The molecule has 0 N–H and O–H groups in total. The standard InChI is InChI=1S/C23H29N5O3S2/c1-4-31-14-6-9-28-22(30)18(33-23(28)32)15-17-20(26-12-10-25(3)11-13-26)24-19-16(2)7-5-8-27(19)21(17)29/h5,7-8,15H,4,6,9-14H2,1-3H3/b18-15-. The number of rotatable bonds is 7. The molecule has 4 heterocycles. The van der Waals surface area contributed by atoms with Gasteiger partial charge in [-0.25, -0.2) is 4.98 Å².